The van der Waals surface area contributed by atoms with E-state index in [9.17, 15) is 9.59 Å². The Morgan fingerprint density at radius 3 is 2.69 bits per heavy atom. The average Bonchev–Trinajstić information content (AvgIpc) is 2.62. The highest BCUT2D eigenvalue weighted by Crippen LogP contribution is 2.37. The van der Waals surface area contributed by atoms with Gasteiger partial charge < -0.3 is 10.1 Å². The third-order valence-electron chi connectivity index (χ3n) is 4.35. The van der Waals surface area contributed by atoms with Gasteiger partial charge in [-0.25, -0.2) is 0 Å². The van der Waals surface area contributed by atoms with E-state index < -0.39 is 11.6 Å². The molecule has 26 heavy (non-hydrogen) atoms. The summed E-state index contributed by atoms with van der Waals surface area (Å²) in [7, 11) is 0. The summed E-state index contributed by atoms with van der Waals surface area (Å²) in [6, 6.07) is 15.8. The number of rotatable bonds is 3. The van der Waals surface area contributed by atoms with Crippen molar-refractivity contribution in [1.29, 1.82) is 5.26 Å². The van der Waals surface area contributed by atoms with Gasteiger partial charge in [-0.2, -0.15) is 5.26 Å². The topological polar surface area (TPSA) is 82.4 Å². The molecular weight excluding hydrogens is 330 g/mol. The Morgan fingerprint density at radius 1 is 1.23 bits per heavy atom. The Kier molecular flexibility index (Phi) is 4.39. The average molecular weight is 349 g/mol. The van der Waals surface area contributed by atoms with Crippen molar-refractivity contribution in [2.75, 3.05) is 10.2 Å². The summed E-state index contributed by atoms with van der Waals surface area (Å²) in [6.45, 7) is 5.02. The number of hydrogen-bond donors (Lipinski definition) is 1. The molecule has 6 heteroatoms. The number of carbonyl (C=O) groups is 2. The van der Waals surface area contributed by atoms with Crippen molar-refractivity contribution in [2.45, 2.75) is 32.4 Å². The molecule has 0 bridgehead atoms. The first-order valence-corrected chi connectivity index (χ1v) is 8.26. The van der Waals surface area contributed by atoms with Crippen molar-refractivity contribution >= 4 is 23.2 Å². The zero-order chi connectivity index (χ0) is 18.9. The lowest BCUT2D eigenvalue weighted by Crippen LogP contribution is -2.60. The van der Waals surface area contributed by atoms with Crippen molar-refractivity contribution in [1.82, 2.24) is 0 Å². The molecular formula is C20H19N3O3. The van der Waals surface area contributed by atoms with Crippen LogP contribution in [0.3, 0.4) is 0 Å². The fourth-order valence-electron chi connectivity index (χ4n) is 2.92. The number of nitriles is 1. The van der Waals surface area contributed by atoms with E-state index >= 15 is 0 Å². The molecule has 2 amide bonds. The van der Waals surface area contributed by atoms with Gasteiger partial charge in [-0.05, 0) is 51.1 Å². The maximum atomic E-state index is 13.1. The molecule has 0 fully saturated rings. The maximum Gasteiger partial charge on any atom is 0.268 e. The van der Waals surface area contributed by atoms with Crippen LogP contribution in [0, 0.1) is 11.3 Å². The molecule has 0 spiro atoms. The largest absolute Gasteiger partial charge is 0.481 e. The molecule has 0 radical (unpaired) electrons. The minimum Gasteiger partial charge on any atom is -0.481 e. The number of nitrogens with zero attached hydrogens (tertiary/aromatic N) is 2. The van der Waals surface area contributed by atoms with Crippen molar-refractivity contribution in [2.24, 2.45) is 0 Å². The van der Waals surface area contributed by atoms with Crippen LogP contribution in [-0.2, 0) is 9.59 Å². The van der Waals surface area contributed by atoms with Gasteiger partial charge in [0.1, 0.15) is 11.3 Å². The van der Waals surface area contributed by atoms with Crippen molar-refractivity contribution < 1.29 is 14.3 Å². The number of amides is 2. The van der Waals surface area contributed by atoms with Gasteiger partial charge in [0.25, 0.3) is 5.91 Å². The number of benzene rings is 2. The molecule has 6 nitrogen and oxygen atoms in total. The smallest absolute Gasteiger partial charge is 0.268 e. The van der Waals surface area contributed by atoms with Gasteiger partial charge in [0.05, 0.1) is 23.0 Å². The van der Waals surface area contributed by atoms with Gasteiger partial charge in [-0.3, -0.25) is 14.5 Å². The van der Waals surface area contributed by atoms with Crippen LogP contribution in [0.1, 0.15) is 26.3 Å². The standard InChI is InChI=1S/C20H19N3O3/c1-13(26-15-8-6-7-14(11-15)12-21)18(24)23-17-10-5-4-9-16(17)22-19(25)20(23,2)3/h4-11,13H,1-3H3,(H,22,25)/t13-/m1/s1. The van der Waals surface area contributed by atoms with E-state index in [0.717, 1.165) is 0 Å². The van der Waals surface area contributed by atoms with Gasteiger partial charge in [0, 0.05) is 0 Å². The third-order valence-corrected chi connectivity index (χ3v) is 4.35. The van der Waals surface area contributed by atoms with Crippen molar-refractivity contribution in [3.63, 3.8) is 0 Å². The molecule has 0 aliphatic carbocycles. The highest BCUT2D eigenvalue weighted by Gasteiger charge is 2.45. The Labute approximate surface area is 152 Å². The molecule has 3 rings (SSSR count). The van der Waals surface area contributed by atoms with E-state index in [1.165, 1.54) is 4.90 Å². The molecule has 0 unspecified atom stereocenters. The normalized spacial score (nSPS) is 16.1. The fourth-order valence-corrected chi connectivity index (χ4v) is 2.92. The fraction of sp³-hybridized carbons (Fsp3) is 0.250. The lowest BCUT2D eigenvalue weighted by molar-refractivity contribution is -0.130. The van der Waals surface area contributed by atoms with Gasteiger partial charge >= 0.3 is 0 Å². The maximum absolute atomic E-state index is 13.1. The number of hydrogen-bond acceptors (Lipinski definition) is 4. The summed E-state index contributed by atoms with van der Waals surface area (Å²) in [6.07, 6.45) is -0.831. The van der Waals surface area contributed by atoms with Gasteiger partial charge in [0.15, 0.2) is 6.10 Å². The summed E-state index contributed by atoms with van der Waals surface area (Å²) in [5.74, 6) is -0.166. The highest BCUT2D eigenvalue weighted by atomic mass is 16.5. The minimum atomic E-state index is -1.06. The van der Waals surface area contributed by atoms with Gasteiger partial charge in [0.2, 0.25) is 5.91 Å². The molecule has 2 aromatic rings. The number of fused-ring (bicyclic) bond motifs is 1. The van der Waals surface area contributed by atoms with E-state index in [1.807, 2.05) is 12.1 Å². The number of para-hydroxylation sites is 2. The van der Waals surface area contributed by atoms with Crippen LogP contribution in [0.25, 0.3) is 0 Å². The number of ether oxygens (including phenoxy) is 1. The molecule has 0 aromatic heterocycles. The van der Waals surface area contributed by atoms with E-state index in [-0.39, 0.29) is 11.8 Å². The quantitative estimate of drug-likeness (QED) is 0.923. The summed E-state index contributed by atoms with van der Waals surface area (Å²) in [5, 5.41) is 11.8. The lowest BCUT2D eigenvalue weighted by atomic mass is 9.95. The van der Waals surface area contributed by atoms with Crippen LogP contribution in [0.4, 0.5) is 11.4 Å². The van der Waals surface area contributed by atoms with Crippen LogP contribution in [-0.4, -0.2) is 23.5 Å². The molecule has 1 heterocycles. The summed E-state index contributed by atoms with van der Waals surface area (Å²) >= 11 is 0. The summed E-state index contributed by atoms with van der Waals surface area (Å²) in [5.41, 5.74) is 0.606. The SMILES string of the molecule is C[C@@H](Oc1cccc(C#N)c1)C(=O)N1c2ccccc2NC(=O)C1(C)C. The zero-order valence-electron chi connectivity index (χ0n) is 14.8. The first-order chi connectivity index (χ1) is 12.3. The number of carbonyl (C=O) groups excluding carboxylic acids is 2. The third kappa shape index (κ3) is 3.00. The van der Waals surface area contributed by atoms with Gasteiger partial charge in [-0.1, -0.05) is 18.2 Å². The van der Waals surface area contributed by atoms with E-state index in [0.29, 0.717) is 22.7 Å². The number of nitrogens with one attached hydrogen (secondary N) is 1. The Hall–Kier alpha value is -3.33. The Morgan fingerprint density at radius 2 is 1.96 bits per heavy atom. The van der Waals surface area contributed by atoms with Crippen LogP contribution >= 0.6 is 0 Å². The zero-order valence-corrected chi connectivity index (χ0v) is 14.8. The number of anilines is 2. The summed E-state index contributed by atoms with van der Waals surface area (Å²) < 4.78 is 5.74. The molecule has 0 saturated carbocycles. The molecule has 1 atom stereocenters. The Balaban J connectivity index is 1.92. The van der Waals surface area contributed by atoms with Crippen LogP contribution in [0.5, 0.6) is 5.75 Å². The predicted octanol–water partition coefficient (Wildman–Crippen LogP) is 3.09. The predicted molar refractivity (Wildman–Crippen MR) is 97.9 cm³/mol. The van der Waals surface area contributed by atoms with Crippen molar-refractivity contribution in [3.8, 4) is 11.8 Å². The molecule has 0 saturated heterocycles. The first kappa shape index (κ1) is 17.5. The molecule has 2 aromatic carbocycles. The monoisotopic (exact) mass is 349 g/mol. The van der Waals surface area contributed by atoms with Crippen LogP contribution in [0.2, 0.25) is 0 Å². The van der Waals surface area contributed by atoms with E-state index in [2.05, 4.69) is 5.32 Å². The van der Waals surface area contributed by atoms with Crippen LogP contribution < -0.4 is 15.0 Å². The Bertz CT molecular complexity index is 915. The lowest BCUT2D eigenvalue weighted by Gasteiger charge is -2.42. The molecule has 1 N–H and O–H groups in total. The molecule has 132 valence electrons. The van der Waals surface area contributed by atoms with Crippen LogP contribution in [0.15, 0.2) is 48.5 Å². The highest BCUT2D eigenvalue weighted by molar-refractivity contribution is 6.14. The molecule has 1 aliphatic heterocycles. The second-order valence-corrected chi connectivity index (χ2v) is 6.60. The summed E-state index contributed by atoms with van der Waals surface area (Å²) in [4.78, 5) is 27.1. The van der Waals surface area contributed by atoms with E-state index in [1.54, 1.807) is 63.2 Å². The first-order valence-electron chi connectivity index (χ1n) is 8.26. The van der Waals surface area contributed by atoms with Crippen molar-refractivity contribution in [3.05, 3.63) is 54.1 Å². The second-order valence-electron chi connectivity index (χ2n) is 6.60. The minimum absolute atomic E-state index is 0.261. The molecule has 1 aliphatic rings. The van der Waals surface area contributed by atoms with E-state index in [4.69, 9.17) is 10.00 Å². The van der Waals surface area contributed by atoms with Gasteiger partial charge in [-0.15, -0.1) is 0 Å². The second kappa shape index (κ2) is 6.52.